The van der Waals surface area contributed by atoms with Crippen molar-refractivity contribution in [1.29, 1.82) is 0 Å². The number of hydrogen-bond donors (Lipinski definition) is 2. The van der Waals surface area contributed by atoms with Gasteiger partial charge in [0, 0.05) is 5.69 Å². The lowest BCUT2D eigenvalue weighted by Crippen LogP contribution is -2.34. The Morgan fingerprint density at radius 3 is 2.71 bits per heavy atom. The van der Waals surface area contributed by atoms with Crippen LogP contribution in [0.25, 0.3) is 0 Å². The number of thiocarbonyl (C=S) groups is 1. The number of hydrogen-bond acceptors (Lipinski definition) is 2. The maximum Gasteiger partial charge on any atom is 0.171 e. The molecule has 0 unspecified atom stereocenters. The van der Waals surface area contributed by atoms with Crippen molar-refractivity contribution >= 4 is 23.0 Å². The monoisotopic (exact) mass is 340 g/mol. The number of ether oxygens (including phenoxy) is 1. The van der Waals surface area contributed by atoms with E-state index >= 15 is 0 Å². The minimum absolute atomic E-state index is 0.256. The average molecular weight is 340 g/mol. The topological polar surface area (TPSA) is 33.3 Å². The Morgan fingerprint density at radius 2 is 1.96 bits per heavy atom. The molecule has 0 radical (unpaired) electrons. The highest BCUT2D eigenvalue weighted by Crippen LogP contribution is 2.32. The van der Waals surface area contributed by atoms with Crippen LogP contribution in [0, 0.1) is 13.8 Å². The Labute approximate surface area is 149 Å². The third-order valence-corrected chi connectivity index (χ3v) is 4.95. The van der Waals surface area contributed by atoms with Gasteiger partial charge in [-0.25, -0.2) is 0 Å². The highest BCUT2D eigenvalue weighted by Gasteiger charge is 2.21. The van der Waals surface area contributed by atoms with Crippen LogP contribution in [0.3, 0.4) is 0 Å². The van der Waals surface area contributed by atoms with E-state index in [2.05, 4.69) is 54.8 Å². The number of benzene rings is 2. The summed E-state index contributed by atoms with van der Waals surface area (Å²) in [4.78, 5) is 0. The predicted molar refractivity (Wildman–Crippen MR) is 104 cm³/mol. The first-order valence-corrected chi connectivity index (χ1v) is 8.79. The molecule has 0 heterocycles. The van der Waals surface area contributed by atoms with E-state index < -0.39 is 0 Å². The lowest BCUT2D eigenvalue weighted by molar-refractivity contribution is 0.412. The van der Waals surface area contributed by atoms with Gasteiger partial charge in [0.05, 0.1) is 13.2 Å². The van der Waals surface area contributed by atoms with E-state index in [9.17, 15) is 0 Å². The molecule has 2 aromatic carbocycles. The standard InChI is InChI=1S/C20H24N2OS/c1-13-7-8-16(11-14(13)2)21-20(24)22-19-6-4-5-15-12-17(23-3)9-10-18(15)19/h7-12,19H,4-6H2,1-3H3,(H2,21,22,24)/t19-/m1/s1. The third kappa shape index (κ3) is 3.70. The molecule has 0 aromatic heterocycles. The molecule has 0 aliphatic heterocycles. The molecule has 2 N–H and O–H groups in total. The van der Waals surface area contributed by atoms with Crippen LogP contribution >= 0.6 is 12.2 Å². The fourth-order valence-corrected chi connectivity index (χ4v) is 3.47. The molecule has 3 nitrogen and oxygen atoms in total. The number of methoxy groups -OCH3 is 1. The molecule has 0 bridgehead atoms. The van der Waals surface area contributed by atoms with Gasteiger partial charge in [-0.3, -0.25) is 0 Å². The summed E-state index contributed by atoms with van der Waals surface area (Å²) in [5.74, 6) is 0.922. The number of fused-ring (bicyclic) bond motifs is 1. The van der Waals surface area contributed by atoms with Crippen LogP contribution in [0.2, 0.25) is 0 Å². The van der Waals surface area contributed by atoms with E-state index in [1.807, 2.05) is 6.07 Å². The van der Waals surface area contributed by atoms with E-state index in [0.29, 0.717) is 5.11 Å². The number of nitrogens with one attached hydrogen (secondary N) is 2. The summed E-state index contributed by atoms with van der Waals surface area (Å²) >= 11 is 5.52. The molecule has 0 fully saturated rings. The molecular formula is C20H24N2OS. The first-order valence-electron chi connectivity index (χ1n) is 8.38. The van der Waals surface area contributed by atoms with Crippen LogP contribution in [0.1, 0.15) is 41.1 Å². The largest absolute Gasteiger partial charge is 0.497 e. The molecule has 4 heteroatoms. The lowest BCUT2D eigenvalue weighted by atomic mass is 9.87. The van der Waals surface area contributed by atoms with Crippen molar-refractivity contribution in [3.05, 3.63) is 58.7 Å². The van der Waals surface area contributed by atoms with E-state index in [0.717, 1.165) is 30.7 Å². The number of anilines is 1. The zero-order chi connectivity index (χ0) is 17.1. The lowest BCUT2D eigenvalue weighted by Gasteiger charge is -2.28. The molecule has 2 aromatic rings. The first-order chi connectivity index (χ1) is 11.6. The maximum atomic E-state index is 5.52. The second-order valence-electron chi connectivity index (χ2n) is 6.41. The minimum Gasteiger partial charge on any atom is -0.497 e. The number of aryl methyl sites for hydroxylation is 3. The van der Waals surface area contributed by atoms with Crippen LogP contribution < -0.4 is 15.4 Å². The molecular weight excluding hydrogens is 316 g/mol. The van der Waals surface area contributed by atoms with Crippen LogP contribution in [-0.4, -0.2) is 12.2 Å². The molecule has 1 atom stereocenters. The van der Waals surface area contributed by atoms with Gasteiger partial charge in [0.1, 0.15) is 5.75 Å². The van der Waals surface area contributed by atoms with Gasteiger partial charge in [0.25, 0.3) is 0 Å². The fourth-order valence-electron chi connectivity index (χ4n) is 3.21. The Kier molecular flexibility index (Phi) is 5.05. The summed E-state index contributed by atoms with van der Waals surface area (Å²) < 4.78 is 5.34. The Morgan fingerprint density at radius 1 is 1.12 bits per heavy atom. The molecule has 126 valence electrons. The second-order valence-corrected chi connectivity index (χ2v) is 6.82. The van der Waals surface area contributed by atoms with Crippen molar-refractivity contribution in [2.45, 2.75) is 39.2 Å². The van der Waals surface area contributed by atoms with Gasteiger partial charge >= 0.3 is 0 Å². The van der Waals surface area contributed by atoms with E-state index in [-0.39, 0.29) is 6.04 Å². The molecule has 1 aliphatic rings. The van der Waals surface area contributed by atoms with Gasteiger partial charge in [0.15, 0.2) is 5.11 Å². The van der Waals surface area contributed by atoms with Gasteiger partial charge in [-0.05, 0) is 91.8 Å². The minimum atomic E-state index is 0.256. The molecule has 0 saturated heterocycles. The van der Waals surface area contributed by atoms with E-state index in [4.69, 9.17) is 17.0 Å². The first kappa shape index (κ1) is 16.8. The quantitative estimate of drug-likeness (QED) is 0.795. The Bertz CT molecular complexity index is 757. The molecule has 24 heavy (non-hydrogen) atoms. The average Bonchev–Trinajstić information content (AvgIpc) is 2.58. The van der Waals surface area contributed by atoms with E-state index in [1.165, 1.54) is 22.3 Å². The van der Waals surface area contributed by atoms with Gasteiger partial charge < -0.3 is 15.4 Å². The van der Waals surface area contributed by atoms with Gasteiger partial charge in [0.2, 0.25) is 0 Å². The van der Waals surface area contributed by atoms with Gasteiger partial charge in [-0.15, -0.1) is 0 Å². The van der Waals surface area contributed by atoms with Crippen molar-refractivity contribution in [2.24, 2.45) is 0 Å². The van der Waals surface area contributed by atoms with Crippen LogP contribution in [-0.2, 0) is 6.42 Å². The second kappa shape index (κ2) is 7.22. The van der Waals surface area contributed by atoms with Crippen molar-refractivity contribution < 1.29 is 4.74 Å². The molecule has 0 spiro atoms. The summed E-state index contributed by atoms with van der Waals surface area (Å²) in [5.41, 5.74) is 6.26. The zero-order valence-corrected chi connectivity index (χ0v) is 15.3. The predicted octanol–water partition coefficient (Wildman–Crippen LogP) is 4.68. The maximum absolute atomic E-state index is 5.52. The van der Waals surface area contributed by atoms with Crippen LogP contribution in [0.15, 0.2) is 36.4 Å². The SMILES string of the molecule is COc1ccc2c(c1)CCC[C@H]2NC(=S)Nc1ccc(C)c(C)c1. The Balaban J connectivity index is 1.70. The van der Waals surface area contributed by atoms with Crippen LogP contribution in [0.4, 0.5) is 5.69 Å². The summed E-state index contributed by atoms with van der Waals surface area (Å²) in [7, 11) is 1.71. The highest BCUT2D eigenvalue weighted by molar-refractivity contribution is 7.80. The van der Waals surface area contributed by atoms with Crippen LogP contribution in [0.5, 0.6) is 5.75 Å². The summed E-state index contributed by atoms with van der Waals surface area (Å²) in [6, 6.07) is 12.9. The molecule has 1 aliphatic carbocycles. The Hall–Kier alpha value is -2.07. The van der Waals surface area contributed by atoms with Crippen molar-refractivity contribution in [2.75, 3.05) is 12.4 Å². The highest BCUT2D eigenvalue weighted by atomic mass is 32.1. The smallest absolute Gasteiger partial charge is 0.171 e. The molecule has 0 saturated carbocycles. The summed E-state index contributed by atoms with van der Waals surface area (Å²) in [6.07, 6.45) is 3.35. The summed E-state index contributed by atoms with van der Waals surface area (Å²) in [5, 5.41) is 7.45. The fraction of sp³-hybridized carbons (Fsp3) is 0.350. The molecule has 0 amide bonds. The van der Waals surface area contributed by atoms with Gasteiger partial charge in [-0.2, -0.15) is 0 Å². The van der Waals surface area contributed by atoms with Crippen molar-refractivity contribution in [3.63, 3.8) is 0 Å². The zero-order valence-electron chi connectivity index (χ0n) is 14.5. The van der Waals surface area contributed by atoms with E-state index in [1.54, 1.807) is 7.11 Å². The van der Waals surface area contributed by atoms with Crippen molar-refractivity contribution in [1.82, 2.24) is 5.32 Å². The van der Waals surface area contributed by atoms with Crippen molar-refractivity contribution in [3.8, 4) is 5.75 Å². The third-order valence-electron chi connectivity index (χ3n) is 4.73. The normalized spacial score (nSPS) is 16.2. The van der Waals surface area contributed by atoms with Gasteiger partial charge in [-0.1, -0.05) is 12.1 Å². The summed E-state index contributed by atoms with van der Waals surface area (Å²) in [6.45, 7) is 4.23. The molecule has 3 rings (SSSR count). The number of rotatable bonds is 3.